The van der Waals surface area contributed by atoms with Crippen LogP contribution in [0.25, 0.3) is 5.69 Å². The summed E-state index contributed by atoms with van der Waals surface area (Å²) < 4.78 is 25.0. The zero-order chi connectivity index (χ0) is 18.4. The molecule has 3 rings (SSSR count). The standard InChI is InChI=1S/C18H23N3O3S/c1-12-5-6-15(9-13(12)2)21-14(3)10-17(19-21)18(22)20(4)16-7-8-25(23,24)11-16/h5-6,9-10,16H,7-8,11H2,1-4H3. The van der Waals surface area contributed by atoms with Gasteiger partial charge in [0.1, 0.15) is 0 Å². The third-order valence-electron chi connectivity index (χ3n) is 4.92. The van der Waals surface area contributed by atoms with Gasteiger partial charge < -0.3 is 4.90 Å². The Morgan fingerprint density at radius 2 is 1.92 bits per heavy atom. The number of carbonyl (C=O) groups is 1. The highest BCUT2D eigenvalue weighted by Gasteiger charge is 2.33. The number of sulfone groups is 1. The van der Waals surface area contributed by atoms with Crippen molar-refractivity contribution in [3.8, 4) is 5.69 Å². The summed E-state index contributed by atoms with van der Waals surface area (Å²) in [6.07, 6.45) is 0.488. The van der Waals surface area contributed by atoms with Gasteiger partial charge in [0.25, 0.3) is 5.91 Å². The number of nitrogens with zero attached hydrogens (tertiary/aromatic N) is 3. The summed E-state index contributed by atoms with van der Waals surface area (Å²) in [6.45, 7) is 5.99. The lowest BCUT2D eigenvalue weighted by Crippen LogP contribution is -2.38. The van der Waals surface area contributed by atoms with E-state index in [1.807, 2.05) is 32.0 Å². The SMILES string of the molecule is Cc1ccc(-n2nc(C(=O)N(C)C3CCS(=O)(=O)C3)cc2C)cc1C. The second-order valence-corrected chi connectivity index (χ2v) is 9.05. The number of aryl methyl sites for hydroxylation is 3. The van der Waals surface area contributed by atoms with Gasteiger partial charge in [0.15, 0.2) is 15.5 Å². The molecule has 1 fully saturated rings. The lowest BCUT2D eigenvalue weighted by atomic mass is 10.1. The molecule has 25 heavy (non-hydrogen) atoms. The Kier molecular flexibility index (Phi) is 4.45. The number of aromatic nitrogens is 2. The zero-order valence-electron chi connectivity index (χ0n) is 15.0. The largest absolute Gasteiger partial charge is 0.336 e. The van der Waals surface area contributed by atoms with E-state index >= 15 is 0 Å². The van der Waals surface area contributed by atoms with Gasteiger partial charge in [-0.1, -0.05) is 6.07 Å². The molecule has 0 saturated carbocycles. The lowest BCUT2D eigenvalue weighted by molar-refractivity contribution is 0.0741. The molecule has 0 bridgehead atoms. The molecule has 134 valence electrons. The van der Waals surface area contributed by atoms with Crippen LogP contribution in [0.1, 0.15) is 33.7 Å². The van der Waals surface area contributed by atoms with Gasteiger partial charge in [-0.3, -0.25) is 4.79 Å². The van der Waals surface area contributed by atoms with Gasteiger partial charge in [-0.05, 0) is 56.5 Å². The fraction of sp³-hybridized carbons (Fsp3) is 0.444. The lowest BCUT2D eigenvalue weighted by Gasteiger charge is -2.22. The Morgan fingerprint density at radius 1 is 1.20 bits per heavy atom. The molecule has 2 aromatic rings. The number of benzene rings is 1. The maximum absolute atomic E-state index is 12.7. The van der Waals surface area contributed by atoms with Crippen LogP contribution in [0.5, 0.6) is 0 Å². The summed E-state index contributed by atoms with van der Waals surface area (Å²) >= 11 is 0. The Morgan fingerprint density at radius 3 is 2.52 bits per heavy atom. The van der Waals surface area contributed by atoms with E-state index in [9.17, 15) is 13.2 Å². The highest BCUT2D eigenvalue weighted by Crippen LogP contribution is 2.20. The number of carbonyl (C=O) groups excluding carboxylic acids is 1. The summed E-state index contributed by atoms with van der Waals surface area (Å²) in [5, 5.41) is 4.46. The monoisotopic (exact) mass is 361 g/mol. The molecule has 0 radical (unpaired) electrons. The molecule has 2 heterocycles. The predicted octanol–water partition coefficient (Wildman–Crippen LogP) is 2.06. The topological polar surface area (TPSA) is 72.3 Å². The van der Waals surface area contributed by atoms with E-state index in [0.29, 0.717) is 12.1 Å². The summed E-state index contributed by atoms with van der Waals surface area (Å²) in [7, 11) is -1.38. The van der Waals surface area contributed by atoms with Crippen molar-refractivity contribution in [2.45, 2.75) is 33.2 Å². The Labute approximate surface area is 148 Å². The molecule has 6 nitrogen and oxygen atoms in total. The van der Waals surface area contributed by atoms with Crippen LogP contribution in [0.4, 0.5) is 0 Å². The third-order valence-corrected chi connectivity index (χ3v) is 6.67. The van der Waals surface area contributed by atoms with Crippen molar-refractivity contribution in [1.29, 1.82) is 0 Å². The van der Waals surface area contributed by atoms with E-state index in [0.717, 1.165) is 16.9 Å². The molecule has 1 aromatic heterocycles. The molecular weight excluding hydrogens is 338 g/mol. The van der Waals surface area contributed by atoms with Crippen LogP contribution in [-0.4, -0.2) is 53.6 Å². The van der Waals surface area contributed by atoms with Crippen LogP contribution in [0, 0.1) is 20.8 Å². The maximum Gasteiger partial charge on any atom is 0.274 e. The Balaban J connectivity index is 1.86. The first kappa shape index (κ1) is 17.7. The minimum atomic E-state index is -3.03. The molecule has 1 atom stereocenters. The van der Waals surface area contributed by atoms with E-state index in [1.54, 1.807) is 17.8 Å². The minimum Gasteiger partial charge on any atom is -0.336 e. The van der Waals surface area contributed by atoms with Crippen molar-refractivity contribution >= 4 is 15.7 Å². The Hall–Kier alpha value is -2.15. The molecule has 1 unspecified atom stereocenters. The van der Waals surface area contributed by atoms with Gasteiger partial charge in [-0.15, -0.1) is 0 Å². The van der Waals surface area contributed by atoms with Crippen LogP contribution in [0.15, 0.2) is 24.3 Å². The second kappa shape index (κ2) is 6.29. The van der Waals surface area contributed by atoms with E-state index in [2.05, 4.69) is 12.0 Å². The quantitative estimate of drug-likeness (QED) is 0.839. The van der Waals surface area contributed by atoms with Crippen molar-refractivity contribution in [3.05, 3.63) is 46.8 Å². The van der Waals surface area contributed by atoms with E-state index in [4.69, 9.17) is 0 Å². The molecule has 0 aliphatic carbocycles. The normalized spacial score (nSPS) is 19.1. The van der Waals surface area contributed by atoms with Crippen molar-refractivity contribution in [3.63, 3.8) is 0 Å². The van der Waals surface area contributed by atoms with Gasteiger partial charge in [0.2, 0.25) is 0 Å². The molecule has 1 aliphatic heterocycles. The predicted molar refractivity (Wildman–Crippen MR) is 96.9 cm³/mol. The molecule has 0 N–H and O–H groups in total. The zero-order valence-corrected chi connectivity index (χ0v) is 15.8. The first-order chi connectivity index (χ1) is 11.7. The fourth-order valence-corrected chi connectivity index (χ4v) is 4.90. The minimum absolute atomic E-state index is 0.0338. The second-order valence-electron chi connectivity index (χ2n) is 6.82. The van der Waals surface area contributed by atoms with Crippen molar-refractivity contribution in [2.75, 3.05) is 18.6 Å². The molecule has 1 saturated heterocycles. The fourth-order valence-electron chi connectivity index (χ4n) is 3.13. The van der Waals surface area contributed by atoms with Gasteiger partial charge in [0, 0.05) is 18.8 Å². The van der Waals surface area contributed by atoms with Crippen LogP contribution in [0.2, 0.25) is 0 Å². The number of rotatable bonds is 3. The average Bonchev–Trinajstić information content (AvgIpc) is 3.11. The summed E-state index contributed by atoms with van der Waals surface area (Å²) in [5.41, 5.74) is 4.47. The molecule has 1 aliphatic rings. The van der Waals surface area contributed by atoms with Crippen molar-refractivity contribution < 1.29 is 13.2 Å². The molecule has 1 aromatic carbocycles. The highest BCUT2D eigenvalue weighted by molar-refractivity contribution is 7.91. The maximum atomic E-state index is 12.7. The molecule has 0 spiro atoms. The van der Waals surface area contributed by atoms with Crippen molar-refractivity contribution in [1.82, 2.24) is 14.7 Å². The van der Waals surface area contributed by atoms with E-state index < -0.39 is 9.84 Å². The van der Waals surface area contributed by atoms with Crippen LogP contribution in [-0.2, 0) is 9.84 Å². The first-order valence-corrected chi connectivity index (χ1v) is 10.1. The average molecular weight is 361 g/mol. The van der Waals surface area contributed by atoms with Gasteiger partial charge >= 0.3 is 0 Å². The number of hydrogen-bond acceptors (Lipinski definition) is 4. The van der Waals surface area contributed by atoms with Crippen molar-refractivity contribution in [2.24, 2.45) is 0 Å². The smallest absolute Gasteiger partial charge is 0.274 e. The number of amides is 1. The third kappa shape index (κ3) is 3.46. The summed E-state index contributed by atoms with van der Waals surface area (Å²) in [4.78, 5) is 14.2. The van der Waals surface area contributed by atoms with Crippen LogP contribution in [0.3, 0.4) is 0 Å². The van der Waals surface area contributed by atoms with Gasteiger partial charge in [-0.25, -0.2) is 13.1 Å². The molecular formula is C18H23N3O3S. The molecule has 7 heteroatoms. The Bertz CT molecular complexity index is 931. The molecule has 1 amide bonds. The first-order valence-electron chi connectivity index (χ1n) is 8.30. The van der Waals surface area contributed by atoms with E-state index in [1.165, 1.54) is 10.5 Å². The number of hydrogen-bond donors (Lipinski definition) is 0. The van der Waals surface area contributed by atoms with E-state index in [-0.39, 0.29) is 23.5 Å². The summed E-state index contributed by atoms with van der Waals surface area (Å²) in [5.74, 6) is -0.0647. The van der Waals surface area contributed by atoms with Gasteiger partial charge in [0.05, 0.1) is 17.2 Å². The highest BCUT2D eigenvalue weighted by atomic mass is 32.2. The van der Waals surface area contributed by atoms with Gasteiger partial charge in [-0.2, -0.15) is 5.10 Å². The summed E-state index contributed by atoms with van der Waals surface area (Å²) in [6, 6.07) is 7.52. The van der Waals surface area contributed by atoms with Crippen LogP contribution < -0.4 is 0 Å². The van der Waals surface area contributed by atoms with Crippen LogP contribution >= 0.6 is 0 Å².